The molecule has 0 aromatic heterocycles. The maximum absolute atomic E-state index is 12.1. The Morgan fingerprint density at radius 2 is 1.92 bits per heavy atom. The van der Waals surface area contributed by atoms with E-state index in [2.05, 4.69) is 20.9 Å². The summed E-state index contributed by atoms with van der Waals surface area (Å²) < 4.78 is 0. The van der Waals surface area contributed by atoms with Crippen molar-refractivity contribution in [1.29, 1.82) is 0 Å². The SMILES string of the molecule is CCNC(=O)C1CCN(c2ccc(NC(=O)C3CSCN3)cc2)CC1. The van der Waals surface area contributed by atoms with E-state index in [9.17, 15) is 9.59 Å². The van der Waals surface area contributed by atoms with Crippen molar-refractivity contribution < 1.29 is 9.59 Å². The summed E-state index contributed by atoms with van der Waals surface area (Å²) >= 11 is 1.74. The van der Waals surface area contributed by atoms with Gasteiger partial charge in [-0.05, 0) is 44.0 Å². The summed E-state index contributed by atoms with van der Waals surface area (Å²) in [4.78, 5) is 26.3. The normalized spacial score (nSPS) is 21.2. The van der Waals surface area contributed by atoms with Crippen LogP contribution in [0.15, 0.2) is 24.3 Å². The van der Waals surface area contributed by atoms with Crippen molar-refractivity contribution in [2.24, 2.45) is 5.92 Å². The Bertz CT molecular complexity index is 594. The molecule has 2 heterocycles. The van der Waals surface area contributed by atoms with Crippen LogP contribution >= 0.6 is 11.8 Å². The highest BCUT2D eigenvalue weighted by Gasteiger charge is 2.25. The number of thioether (sulfide) groups is 1. The van der Waals surface area contributed by atoms with Crippen molar-refractivity contribution in [2.75, 3.05) is 41.5 Å². The Morgan fingerprint density at radius 1 is 1.20 bits per heavy atom. The van der Waals surface area contributed by atoms with Crippen LogP contribution in [-0.4, -0.2) is 49.1 Å². The molecule has 1 aromatic carbocycles. The number of piperidine rings is 1. The highest BCUT2D eigenvalue weighted by atomic mass is 32.2. The van der Waals surface area contributed by atoms with Crippen LogP contribution in [0.4, 0.5) is 11.4 Å². The number of benzene rings is 1. The van der Waals surface area contributed by atoms with E-state index < -0.39 is 0 Å². The lowest BCUT2D eigenvalue weighted by Crippen LogP contribution is -2.40. The molecule has 2 aliphatic rings. The predicted molar refractivity (Wildman–Crippen MR) is 103 cm³/mol. The molecule has 0 aliphatic carbocycles. The molecule has 7 heteroatoms. The molecule has 1 aromatic rings. The van der Waals surface area contributed by atoms with E-state index in [4.69, 9.17) is 0 Å². The number of nitrogens with one attached hydrogen (secondary N) is 3. The van der Waals surface area contributed by atoms with Crippen LogP contribution in [0, 0.1) is 5.92 Å². The zero-order chi connectivity index (χ0) is 17.6. The Morgan fingerprint density at radius 3 is 2.52 bits per heavy atom. The molecule has 2 aliphatic heterocycles. The molecule has 0 saturated carbocycles. The quantitative estimate of drug-likeness (QED) is 0.743. The summed E-state index contributed by atoms with van der Waals surface area (Å²) in [5.41, 5.74) is 1.96. The third-order valence-electron chi connectivity index (χ3n) is 4.75. The number of amides is 2. The number of rotatable bonds is 5. The van der Waals surface area contributed by atoms with Crippen molar-refractivity contribution in [3.8, 4) is 0 Å². The summed E-state index contributed by atoms with van der Waals surface area (Å²) in [6.45, 7) is 4.42. The van der Waals surface area contributed by atoms with Gasteiger partial charge in [-0.2, -0.15) is 0 Å². The number of nitrogens with zero attached hydrogens (tertiary/aromatic N) is 1. The molecule has 3 rings (SSSR count). The second-order valence-electron chi connectivity index (χ2n) is 6.46. The van der Waals surface area contributed by atoms with E-state index >= 15 is 0 Å². The molecule has 2 fully saturated rings. The van der Waals surface area contributed by atoms with E-state index in [1.165, 1.54) is 0 Å². The van der Waals surface area contributed by atoms with Crippen molar-refractivity contribution in [2.45, 2.75) is 25.8 Å². The van der Waals surface area contributed by atoms with Crippen LogP contribution < -0.4 is 20.9 Å². The lowest BCUT2D eigenvalue weighted by molar-refractivity contribution is -0.125. The molecule has 0 radical (unpaired) electrons. The standard InChI is InChI=1S/C18H26N4O2S/c1-2-19-17(23)13-7-9-22(10-8-13)15-5-3-14(4-6-15)21-18(24)16-11-25-12-20-16/h3-6,13,16,20H,2,7-12H2,1H3,(H,19,23)(H,21,24). The first kappa shape index (κ1) is 18.1. The maximum atomic E-state index is 12.1. The summed E-state index contributed by atoms with van der Waals surface area (Å²) in [5.74, 6) is 2.00. The van der Waals surface area contributed by atoms with Crippen LogP contribution in [-0.2, 0) is 9.59 Å². The largest absolute Gasteiger partial charge is 0.371 e. The predicted octanol–water partition coefficient (Wildman–Crippen LogP) is 1.64. The van der Waals surface area contributed by atoms with E-state index in [0.717, 1.165) is 48.9 Å². The van der Waals surface area contributed by atoms with Crippen LogP contribution in [0.2, 0.25) is 0 Å². The van der Waals surface area contributed by atoms with Gasteiger partial charge in [-0.15, -0.1) is 11.8 Å². The monoisotopic (exact) mass is 362 g/mol. The van der Waals surface area contributed by atoms with Crippen molar-refractivity contribution in [1.82, 2.24) is 10.6 Å². The van der Waals surface area contributed by atoms with Crippen LogP contribution in [0.1, 0.15) is 19.8 Å². The molecule has 0 bridgehead atoms. The topological polar surface area (TPSA) is 73.5 Å². The molecule has 1 unspecified atom stereocenters. The van der Waals surface area contributed by atoms with Gasteiger partial charge < -0.3 is 15.5 Å². The first-order valence-electron chi connectivity index (χ1n) is 8.92. The zero-order valence-corrected chi connectivity index (χ0v) is 15.4. The fourth-order valence-corrected chi connectivity index (χ4v) is 4.21. The average Bonchev–Trinajstić information content (AvgIpc) is 3.18. The van der Waals surface area contributed by atoms with Gasteiger partial charge in [0.2, 0.25) is 11.8 Å². The summed E-state index contributed by atoms with van der Waals surface area (Å²) in [5, 5.41) is 9.05. The number of hydrogen-bond acceptors (Lipinski definition) is 5. The fourth-order valence-electron chi connectivity index (χ4n) is 3.27. The third kappa shape index (κ3) is 4.67. The molecule has 2 amide bonds. The minimum Gasteiger partial charge on any atom is -0.371 e. The van der Waals surface area contributed by atoms with Gasteiger partial charge in [-0.25, -0.2) is 0 Å². The van der Waals surface area contributed by atoms with Gasteiger partial charge in [0.25, 0.3) is 0 Å². The lowest BCUT2D eigenvalue weighted by Gasteiger charge is -2.33. The van der Waals surface area contributed by atoms with E-state index in [0.29, 0.717) is 6.54 Å². The molecule has 136 valence electrons. The smallest absolute Gasteiger partial charge is 0.242 e. The van der Waals surface area contributed by atoms with E-state index in [1.807, 2.05) is 31.2 Å². The number of anilines is 2. The summed E-state index contributed by atoms with van der Waals surface area (Å²) in [6, 6.07) is 7.88. The van der Waals surface area contributed by atoms with Gasteiger partial charge in [0.05, 0.1) is 6.04 Å². The molecule has 2 saturated heterocycles. The van der Waals surface area contributed by atoms with Gasteiger partial charge in [0.15, 0.2) is 0 Å². The second kappa shape index (κ2) is 8.58. The Kier molecular flexibility index (Phi) is 6.20. The minimum absolute atomic E-state index is 0.0282. The van der Waals surface area contributed by atoms with Crippen molar-refractivity contribution in [3.63, 3.8) is 0 Å². The third-order valence-corrected chi connectivity index (χ3v) is 5.69. The molecule has 6 nitrogen and oxygen atoms in total. The van der Waals surface area contributed by atoms with Crippen LogP contribution in [0.3, 0.4) is 0 Å². The second-order valence-corrected chi connectivity index (χ2v) is 7.49. The maximum Gasteiger partial charge on any atom is 0.242 e. The molecule has 25 heavy (non-hydrogen) atoms. The van der Waals surface area contributed by atoms with E-state index in [1.54, 1.807) is 11.8 Å². The fraction of sp³-hybridized carbons (Fsp3) is 0.556. The van der Waals surface area contributed by atoms with Crippen LogP contribution in [0.5, 0.6) is 0 Å². The average molecular weight is 362 g/mol. The molecular formula is C18H26N4O2S. The Hall–Kier alpha value is -1.73. The van der Waals surface area contributed by atoms with Gasteiger partial charge in [-0.3, -0.25) is 14.9 Å². The van der Waals surface area contributed by atoms with E-state index in [-0.39, 0.29) is 23.8 Å². The highest BCUT2D eigenvalue weighted by molar-refractivity contribution is 7.99. The molecule has 0 spiro atoms. The summed E-state index contributed by atoms with van der Waals surface area (Å²) in [6.07, 6.45) is 1.77. The van der Waals surface area contributed by atoms with Gasteiger partial charge in [-0.1, -0.05) is 0 Å². The Balaban J connectivity index is 1.51. The number of carbonyl (C=O) groups is 2. The lowest BCUT2D eigenvalue weighted by atomic mass is 9.95. The minimum atomic E-state index is -0.0991. The summed E-state index contributed by atoms with van der Waals surface area (Å²) in [7, 11) is 0. The first-order valence-corrected chi connectivity index (χ1v) is 10.1. The van der Waals surface area contributed by atoms with Gasteiger partial charge in [0.1, 0.15) is 0 Å². The molecular weight excluding hydrogens is 336 g/mol. The van der Waals surface area contributed by atoms with Crippen molar-refractivity contribution in [3.05, 3.63) is 24.3 Å². The first-order chi connectivity index (χ1) is 12.2. The van der Waals surface area contributed by atoms with Gasteiger partial charge in [0, 0.05) is 48.6 Å². The van der Waals surface area contributed by atoms with Crippen LogP contribution in [0.25, 0.3) is 0 Å². The number of carbonyl (C=O) groups excluding carboxylic acids is 2. The van der Waals surface area contributed by atoms with Gasteiger partial charge >= 0.3 is 0 Å². The van der Waals surface area contributed by atoms with Crippen molar-refractivity contribution >= 4 is 35.0 Å². The zero-order valence-electron chi connectivity index (χ0n) is 14.6. The Labute approximate surface area is 153 Å². The number of hydrogen-bond donors (Lipinski definition) is 3. The molecule has 1 atom stereocenters. The highest BCUT2D eigenvalue weighted by Crippen LogP contribution is 2.25. The molecule has 3 N–H and O–H groups in total.